The van der Waals surface area contributed by atoms with Gasteiger partial charge in [0.1, 0.15) is 6.61 Å². The zero-order valence-electron chi connectivity index (χ0n) is 21.5. The maximum atomic E-state index is 13.0. The highest BCUT2D eigenvalue weighted by atomic mass is 16.6. The van der Waals surface area contributed by atoms with E-state index in [0.717, 1.165) is 42.1 Å². The summed E-state index contributed by atoms with van der Waals surface area (Å²) in [6.07, 6.45) is 5.21. The van der Waals surface area contributed by atoms with Gasteiger partial charge in [0.2, 0.25) is 0 Å². The summed E-state index contributed by atoms with van der Waals surface area (Å²) in [4.78, 5) is 27.5. The number of para-hydroxylation sites is 2. The van der Waals surface area contributed by atoms with Crippen LogP contribution in [-0.2, 0) is 17.8 Å². The lowest BCUT2D eigenvalue weighted by Gasteiger charge is -2.29. The maximum Gasteiger partial charge on any atom is 0.414 e. The number of anilines is 3. The molecule has 3 aliphatic rings. The van der Waals surface area contributed by atoms with Gasteiger partial charge in [-0.3, -0.25) is 9.69 Å². The van der Waals surface area contributed by atoms with Crippen LogP contribution >= 0.6 is 0 Å². The quantitative estimate of drug-likeness (QED) is 0.350. The Kier molecular flexibility index (Phi) is 6.77. The fraction of sp³-hybridized carbons (Fsp3) is 0.355. The molecule has 2 saturated carbocycles. The van der Waals surface area contributed by atoms with Crippen molar-refractivity contribution in [2.24, 2.45) is 5.92 Å². The van der Waals surface area contributed by atoms with Crippen LogP contribution in [0.3, 0.4) is 0 Å². The first-order valence-corrected chi connectivity index (χ1v) is 13.6. The Morgan fingerprint density at radius 3 is 2.63 bits per heavy atom. The summed E-state index contributed by atoms with van der Waals surface area (Å²) in [6, 6.07) is 21.7. The molecule has 3 aromatic rings. The molecule has 0 radical (unpaired) electrons. The number of fused-ring (bicyclic) bond motifs is 1. The predicted octanol–water partition coefficient (Wildman–Crippen LogP) is 5.47. The molecule has 4 N–H and O–H groups in total. The maximum absolute atomic E-state index is 13.0. The highest BCUT2D eigenvalue weighted by Gasteiger charge is 2.38. The van der Waals surface area contributed by atoms with E-state index in [1.54, 1.807) is 23.1 Å². The summed E-state index contributed by atoms with van der Waals surface area (Å²) < 4.78 is 5.68. The molecule has 196 valence electrons. The first-order valence-electron chi connectivity index (χ1n) is 13.6. The van der Waals surface area contributed by atoms with Crippen LogP contribution < -0.4 is 21.3 Å². The third kappa shape index (κ3) is 5.53. The Hall–Kier alpha value is -3.84. The molecule has 0 spiro atoms. The molecule has 7 heteroatoms. The average molecular weight is 511 g/mol. The minimum Gasteiger partial charge on any atom is -0.444 e. The van der Waals surface area contributed by atoms with Crippen molar-refractivity contribution in [2.75, 3.05) is 29.0 Å². The first kappa shape index (κ1) is 24.5. The number of hydrogen-bond donors (Lipinski definition) is 3. The van der Waals surface area contributed by atoms with Crippen LogP contribution in [-0.4, -0.2) is 31.1 Å². The van der Waals surface area contributed by atoms with E-state index < -0.39 is 0 Å². The molecular formula is C31H34N4O3. The summed E-state index contributed by atoms with van der Waals surface area (Å²) in [5.41, 5.74) is 11.7. The molecule has 1 heterocycles. The van der Waals surface area contributed by atoms with Gasteiger partial charge in [0.05, 0.1) is 17.1 Å². The molecule has 3 aromatic carbocycles. The fourth-order valence-electron chi connectivity index (χ4n) is 5.25. The molecule has 38 heavy (non-hydrogen) atoms. The largest absolute Gasteiger partial charge is 0.444 e. The van der Waals surface area contributed by atoms with Crippen molar-refractivity contribution in [3.05, 3.63) is 89.0 Å². The summed E-state index contributed by atoms with van der Waals surface area (Å²) in [5.74, 6) is 1.28. The van der Waals surface area contributed by atoms with Gasteiger partial charge in [0.25, 0.3) is 5.91 Å². The zero-order chi connectivity index (χ0) is 26.1. The van der Waals surface area contributed by atoms with Crippen molar-refractivity contribution in [3.63, 3.8) is 0 Å². The normalized spacial score (nSPS) is 19.9. The van der Waals surface area contributed by atoms with Crippen LogP contribution in [0.5, 0.6) is 0 Å². The van der Waals surface area contributed by atoms with Crippen molar-refractivity contribution in [3.8, 4) is 0 Å². The number of carbonyl (C=O) groups excluding carboxylic acids is 2. The number of nitrogens with two attached hydrogens (primary N) is 1. The van der Waals surface area contributed by atoms with Crippen LogP contribution in [0.4, 0.5) is 21.9 Å². The van der Waals surface area contributed by atoms with E-state index in [2.05, 4.69) is 34.9 Å². The molecule has 2 fully saturated rings. The molecular weight excluding hydrogens is 476 g/mol. The molecule has 2 amide bonds. The lowest BCUT2D eigenvalue weighted by molar-refractivity contribution is 0.102. The Labute approximate surface area is 223 Å². The summed E-state index contributed by atoms with van der Waals surface area (Å²) in [7, 11) is 0. The second kappa shape index (κ2) is 10.5. The number of aryl methyl sites for hydroxylation is 1. The van der Waals surface area contributed by atoms with Crippen molar-refractivity contribution >= 4 is 29.1 Å². The second-order valence-corrected chi connectivity index (χ2v) is 10.7. The molecule has 0 bridgehead atoms. The number of rotatable bonds is 8. The highest BCUT2D eigenvalue weighted by Crippen LogP contribution is 2.41. The van der Waals surface area contributed by atoms with E-state index in [-0.39, 0.29) is 18.6 Å². The summed E-state index contributed by atoms with van der Waals surface area (Å²) in [5, 5.41) is 6.55. The van der Waals surface area contributed by atoms with Crippen LogP contribution in [0.25, 0.3) is 0 Å². The van der Waals surface area contributed by atoms with Crippen LogP contribution in [0.15, 0.2) is 66.7 Å². The molecule has 6 rings (SSSR count). The van der Waals surface area contributed by atoms with Gasteiger partial charge in [-0.15, -0.1) is 0 Å². The predicted molar refractivity (Wildman–Crippen MR) is 149 cm³/mol. The number of nitrogens with zero attached hydrogens (tertiary/aromatic N) is 1. The molecule has 2 aliphatic carbocycles. The highest BCUT2D eigenvalue weighted by molar-refractivity contribution is 6.06. The monoisotopic (exact) mass is 510 g/mol. The van der Waals surface area contributed by atoms with E-state index >= 15 is 0 Å². The lowest BCUT2D eigenvalue weighted by atomic mass is 9.99. The van der Waals surface area contributed by atoms with Gasteiger partial charge in [0, 0.05) is 24.1 Å². The molecule has 1 unspecified atom stereocenters. The summed E-state index contributed by atoms with van der Waals surface area (Å²) >= 11 is 0. The minimum atomic E-state index is -0.365. The van der Waals surface area contributed by atoms with Crippen molar-refractivity contribution < 1.29 is 14.3 Å². The van der Waals surface area contributed by atoms with Gasteiger partial charge < -0.3 is 21.1 Å². The second-order valence-electron chi connectivity index (χ2n) is 10.7. The van der Waals surface area contributed by atoms with Crippen molar-refractivity contribution in [1.82, 2.24) is 5.32 Å². The van der Waals surface area contributed by atoms with Crippen LogP contribution in [0.1, 0.15) is 58.6 Å². The number of nitrogen functional groups attached to an aromatic ring is 1. The van der Waals surface area contributed by atoms with Crippen LogP contribution in [0.2, 0.25) is 0 Å². The smallest absolute Gasteiger partial charge is 0.414 e. The van der Waals surface area contributed by atoms with E-state index in [0.29, 0.717) is 35.4 Å². The Morgan fingerprint density at radius 2 is 1.84 bits per heavy atom. The lowest BCUT2D eigenvalue weighted by Crippen LogP contribution is -2.36. The average Bonchev–Trinajstić information content (AvgIpc) is 3.87. The van der Waals surface area contributed by atoms with Gasteiger partial charge in [-0.2, -0.15) is 0 Å². The van der Waals surface area contributed by atoms with Gasteiger partial charge in [-0.25, -0.2) is 4.79 Å². The van der Waals surface area contributed by atoms with E-state index in [1.165, 1.54) is 24.8 Å². The van der Waals surface area contributed by atoms with Gasteiger partial charge in [0.15, 0.2) is 0 Å². The van der Waals surface area contributed by atoms with E-state index in [4.69, 9.17) is 10.5 Å². The van der Waals surface area contributed by atoms with Gasteiger partial charge in [-0.05, 0) is 91.6 Å². The van der Waals surface area contributed by atoms with Gasteiger partial charge in [-0.1, -0.05) is 36.4 Å². The number of benzene rings is 3. The molecule has 2 atom stereocenters. The number of hydrogen-bond acceptors (Lipinski definition) is 5. The van der Waals surface area contributed by atoms with Crippen LogP contribution in [0, 0.1) is 5.92 Å². The fourth-order valence-corrected chi connectivity index (χ4v) is 5.25. The summed E-state index contributed by atoms with van der Waals surface area (Å²) in [6.45, 7) is 1.98. The van der Waals surface area contributed by atoms with E-state index in [9.17, 15) is 9.59 Å². The molecule has 1 aliphatic heterocycles. The Morgan fingerprint density at radius 1 is 1.03 bits per heavy atom. The number of ether oxygens (including phenoxy) is 1. The zero-order valence-corrected chi connectivity index (χ0v) is 21.5. The topological polar surface area (TPSA) is 96.7 Å². The Bertz CT molecular complexity index is 1340. The third-order valence-corrected chi connectivity index (χ3v) is 7.82. The minimum absolute atomic E-state index is 0.231. The number of carbonyl (C=O) groups is 2. The standard InChI is InChI=1S/C31H34N4O3/c32-26-5-1-2-6-27(26)34-30(36)24-13-14-29-23(16-24)4-3-15-35(29)31(37)38-19-21-9-11-22(12-10-21)25-17-28(25)33-18-20-7-8-20/h1-2,5-6,9-14,16,20,25,28,33H,3-4,7-8,15,17-19,32H2,(H,34,36)/t25?,28-/m0/s1. The van der Waals surface area contributed by atoms with Crippen molar-refractivity contribution in [1.29, 1.82) is 0 Å². The number of nitrogens with one attached hydrogen (secondary N) is 2. The molecule has 0 saturated heterocycles. The van der Waals surface area contributed by atoms with Crippen molar-refractivity contribution in [2.45, 2.75) is 50.7 Å². The van der Waals surface area contributed by atoms with E-state index in [1.807, 2.05) is 24.3 Å². The number of amides is 2. The third-order valence-electron chi connectivity index (χ3n) is 7.82. The SMILES string of the molecule is Nc1ccccc1NC(=O)c1ccc2c(c1)CCCN2C(=O)OCc1ccc(C2C[C@@H]2NCC2CC2)cc1. The molecule has 0 aromatic heterocycles. The Balaban J connectivity index is 1.04. The first-order chi connectivity index (χ1) is 18.5. The van der Waals surface area contributed by atoms with Gasteiger partial charge >= 0.3 is 6.09 Å². The molecule has 7 nitrogen and oxygen atoms in total.